The number of urea groups is 1. The fraction of sp³-hybridized carbons (Fsp3) is 0.462. The van der Waals surface area contributed by atoms with Gasteiger partial charge in [0.1, 0.15) is 0 Å². The van der Waals surface area contributed by atoms with E-state index in [1.54, 1.807) is 0 Å². The Bertz CT molecular complexity index is 487. The van der Waals surface area contributed by atoms with E-state index in [0.717, 1.165) is 17.7 Å². The summed E-state index contributed by atoms with van der Waals surface area (Å²) in [5, 5.41) is 9.96. The first-order valence-electron chi connectivity index (χ1n) is 6.23. The molecule has 2 atom stereocenters. The van der Waals surface area contributed by atoms with E-state index in [1.807, 2.05) is 0 Å². The summed E-state index contributed by atoms with van der Waals surface area (Å²) in [5.74, 6) is 0.0243. The minimum Gasteiger partial charge on any atom is -0.350 e. The number of nitrogens with zero attached hydrogens (tertiary/aromatic N) is 1. The Hall–Kier alpha value is -1.76. The van der Waals surface area contributed by atoms with Crippen LogP contribution in [0.1, 0.15) is 36.3 Å². The smallest absolute Gasteiger partial charge is 0.350 e. The van der Waals surface area contributed by atoms with E-state index in [-0.39, 0.29) is 12.0 Å². The first kappa shape index (κ1) is 14.6. The van der Waals surface area contributed by atoms with Gasteiger partial charge in [0.05, 0.1) is 11.6 Å². The molecule has 0 aromatic heterocycles. The van der Waals surface area contributed by atoms with Crippen molar-refractivity contribution in [3.8, 4) is 0 Å². The molecule has 0 unspecified atom stereocenters. The lowest BCUT2D eigenvalue weighted by atomic mass is 9.96. The van der Waals surface area contributed by atoms with Crippen LogP contribution in [0.15, 0.2) is 24.3 Å². The number of alkyl halides is 3. The number of amides is 2. The predicted octanol–water partition coefficient (Wildman–Crippen LogP) is 3.11. The second-order valence-electron chi connectivity index (χ2n) is 4.97. The third-order valence-electron chi connectivity index (χ3n) is 3.69. The topological polar surface area (TPSA) is 66.6 Å². The number of nitrogens with two attached hydrogens (primary N) is 1. The maximum absolute atomic E-state index is 12.5. The van der Waals surface area contributed by atoms with Gasteiger partial charge in [-0.3, -0.25) is 5.21 Å². The van der Waals surface area contributed by atoms with Crippen molar-refractivity contribution in [2.75, 3.05) is 0 Å². The maximum Gasteiger partial charge on any atom is 0.416 e. The highest BCUT2D eigenvalue weighted by Gasteiger charge is 2.33. The SMILES string of the molecule is NC(=O)N(O)[C@H]1CC[C@@H](c2ccc(C(F)(F)F)cc2)C1. The fourth-order valence-corrected chi connectivity index (χ4v) is 2.61. The van der Waals surface area contributed by atoms with Crippen LogP contribution in [-0.4, -0.2) is 22.3 Å². The zero-order chi connectivity index (χ0) is 14.9. The van der Waals surface area contributed by atoms with Gasteiger partial charge in [-0.1, -0.05) is 12.1 Å². The molecule has 3 N–H and O–H groups in total. The van der Waals surface area contributed by atoms with Crippen molar-refractivity contribution in [2.24, 2.45) is 5.73 Å². The number of primary amides is 1. The summed E-state index contributed by atoms with van der Waals surface area (Å²) in [6.07, 6.45) is -2.58. The highest BCUT2D eigenvalue weighted by atomic mass is 19.4. The molecule has 0 spiro atoms. The summed E-state index contributed by atoms with van der Waals surface area (Å²) < 4.78 is 37.4. The molecule has 0 bridgehead atoms. The Kier molecular flexibility index (Phi) is 3.89. The quantitative estimate of drug-likeness (QED) is 0.648. The second kappa shape index (κ2) is 5.32. The molecule has 2 rings (SSSR count). The Morgan fingerprint density at radius 1 is 1.25 bits per heavy atom. The summed E-state index contributed by atoms with van der Waals surface area (Å²) in [6.45, 7) is 0. The van der Waals surface area contributed by atoms with Crippen LogP contribution in [0.3, 0.4) is 0 Å². The van der Waals surface area contributed by atoms with Crippen molar-refractivity contribution in [1.82, 2.24) is 5.06 Å². The van der Waals surface area contributed by atoms with Crippen LogP contribution in [0.2, 0.25) is 0 Å². The zero-order valence-corrected chi connectivity index (χ0v) is 10.6. The number of rotatable bonds is 2. The van der Waals surface area contributed by atoms with Crippen LogP contribution in [0, 0.1) is 0 Å². The van der Waals surface area contributed by atoms with Crippen molar-refractivity contribution in [2.45, 2.75) is 37.4 Å². The Morgan fingerprint density at radius 3 is 2.35 bits per heavy atom. The third kappa shape index (κ3) is 3.04. The lowest BCUT2D eigenvalue weighted by Gasteiger charge is -2.20. The fourth-order valence-electron chi connectivity index (χ4n) is 2.61. The molecule has 110 valence electrons. The van der Waals surface area contributed by atoms with Crippen LogP contribution in [-0.2, 0) is 6.18 Å². The zero-order valence-electron chi connectivity index (χ0n) is 10.6. The first-order chi connectivity index (χ1) is 9.29. The van der Waals surface area contributed by atoms with Gasteiger partial charge in [0, 0.05) is 0 Å². The minimum absolute atomic E-state index is 0.0243. The predicted molar refractivity (Wildman–Crippen MR) is 65.0 cm³/mol. The summed E-state index contributed by atoms with van der Waals surface area (Å²) in [5.41, 5.74) is 5.07. The molecule has 1 aliphatic carbocycles. The van der Waals surface area contributed by atoms with Crippen LogP contribution >= 0.6 is 0 Å². The van der Waals surface area contributed by atoms with Gasteiger partial charge in [-0.25, -0.2) is 9.86 Å². The summed E-state index contributed by atoms with van der Waals surface area (Å²) in [7, 11) is 0. The van der Waals surface area contributed by atoms with E-state index in [0.29, 0.717) is 24.3 Å². The average molecular weight is 288 g/mol. The number of carbonyl (C=O) groups excluding carboxylic acids is 1. The number of hydrogen-bond donors (Lipinski definition) is 2. The van der Waals surface area contributed by atoms with Crippen molar-refractivity contribution in [3.05, 3.63) is 35.4 Å². The molecule has 20 heavy (non-hydrogen) atoms. The second-order valence-corrected chi connectivity index (χ2v) is 4.97. The summed E-state index contributed by atoms with van der Waals surface area (Å²) in [4.78, 5) is 10.9. The first-order valence-corrected chi connectivity index (χ1v) is 6.23. The van der Waals surface area contributed by atoms with E-state index in [4.69, 9.17) is 5.73 Å². The summed E-state index contributed by atoms with van der Waals surface area (Å²) >= 11 is 0. The van der Waals surface area contributed by atoms with Crippen molar-refractivity contribution >= 4 is 6.03 Å². The molecule has 2 amide bonds. The van der Waals surface area contributed by atoms with Crippen LogP contribution in [0.4, 0.5) is 18.0 Å². The molecule has 1 aromatic carbocycles. The van der Waals surface area contributed by atoms with Crippen LogP contribution < -0.4 is 5.73 Å². The molecule has 1 fully saturated rings. The van der Waals surface area contributed by atoms with Gasteiger partial charge in [0.25, 0.3) is 0 Å². The van der Waals surface area contributed by atoms with E-state index >= 15 is 0 Å². The normalized spacial score (nSPS) is 22.8. The molecule has 7 heteroatoms. The van der Waals surface area contributed by atoms with Gasteiger partial charge in [-0.15, -0.1) is 0 Å². The van der Waals surface area contributed by atoms with Crippen molar-refractivity contribution in [1.29, 1.82) is 0 Å². The molecule has 0 heterocycles. The Labute approximate surface area is 113 Å². The molecule has 1 aliphatic rings. The van der Waals surface area contributed by atoms with Crippen molar-refractivity contribution < 1.29 is 23.2 Å². The molecule has 1 saturated carbocycles. The maximum atomic E-state index is 12.5. The highest BCUT2D eigenvalue weighted by molar-refractivity contribution is 5.70. The number of halogens is 3. The number of carbonyl (C=O) groups is 1. The number of benzene rings is 1. The van der Waals surface area contributed by atoms with Gasteiger partial charge < -0.3 is 5.73 Å². The highest BCUT2D eigenvalue weighted by Crippen LogP contribution is 2.37. The van der Waals surface area contributed by atoms with Gasteiger partial charge in [-0.05, 0) is 42.9 Å². The number of hydroxylamine groups is 2. The third-order valence-corrected chi connectivity index (χ3v) is 3.69. The van der Waals surface area contributed by atoms with E-state index in [1.165, 1.54) is 12.1 Å². The number of hydrogen-bond acceptors (Lipinski definition) is 2. The van der Waals surface area contributed by atoms with Crippen LogP contribution in [0.25, 0.3) is 0 Å². The van der Waals surface area contributed by atoms with Gasteiger partial charge in [-0.2, -0.15) is 13.2 Å². The van der Waals surface area contributed by atoms with E-state index < -0.39 is 17.8 Å². The van der Waals surface area contributed by atoms with Gasteiger partial charge in [0.2, 0.25) is 0 Å². The molecule has 4 nitrogen and oxygen atoms in total. The molecule has 0 saturated heterocycles. The van der Waals surface area contributed by atoms with Crippen LogP contribution in [0.5, 0.6) is 0 Å². The molecule has 1 aromatic rings. The largest absolute Gasteiger partial charge is 0.416 e. The molecule has 0 aliphatic heterocycles. The van der Waals surface area contributed by atoms with Crippen molar-refractivity contribution in [3.63, 3.8) is 0 Å². The standard InChI is InChI=1S/C13H15F3N2O2/c14-13(15,16)10-4-1-8(2-5-10)9-3-6-11(7-9)18(20)12(17)19/h1-2,4-5,9,11,20H,3,6-7H2,(H2,17,19)/t9-,11+/m1/s1. The average Bonchev–Trinajstić information content (AvgIpc) is 2.86. The molecular formula is C13H15F3N2O2. The minimum atomic E-state index is -4.34. The van der Waals surface area contributed by atoms with E-state index in [9.17, 15) is 23.2 Å². The van der Waals surface area contributed by atoms with Gasteiger partial charge in [0.15, 0.2) is 0 Å². The summed E-state index contributed by atoms with van der Waals surface area (Å²) in [6, 6.07) is 3.70. The Balaban J connectivity index is 2.05. The van der Waals surface area contributed by atoms with E-state index in [2.05, 4.69) is 0 Å². The molecule has 0 radical (unpaired) electrons. The Morgan fingerprint density at radius 2 is 1.85 bits per heavy atom. The monoisotopic (exact) mass is 288 g/mol. The van der Waals surface area contributed by atoms with Gasteiger partial charge >= 0.3 is 12.2 Å². The lowest BCUT2D eigenvalue weighted by Crippen LogP contribution is -2.39. The molecular weight excluding hydrogens is 273 g/mol. The lowest BCUT2D eigenvalue weighted by molar-refractivity contribution is -0.137.